The Morgan fingerprint density at radius 3 is 2.38 bits per heavy atom. The Balaban J connectivity index is 2.91. The van der Waals surface area contributed by atoms with Crippen molar-refractivity contribution in [3.05, 3.63) is 35.9 Å². The van der Waals surface area contributed by atoms with E-state index in [2.05, 4.69) is 0 Å². The van der Waals surface area contributed by atoms with Crippen LogP contribution in [0.25, 0.3) is 5.57 Å². The summed E-state index contributed by atoms with van der Waals surface area (Å²) in [4.78, 5) is 10.2. The van der Waals surface area contributed by atoms with Crippen LogP contribution in [0.2, 0.25) is 0 Å². The van der Waals surface area contributed by atoms with Crippen LogP contribution >= 0.6 is 0 Å². The highest BCUT2D eigenvalue weighted by molar-refractivity contribution is 5.80. The van der Waals surface area contributed by atoms with E-state index in [0.29, 0.717) is 0 Å². The highest BCUT2D eigenvalue weighted by Gasteiger charge is 1.95. The number of hydrogen-bond acceptors (Lipinski definition) is 2. The monoisotopic (exact) mass is 176 g/mol. The van der Waals surface area contributed by atoms with Crippen LogP contribution in [0.5, 0.6) is 5.75 Å². The van der Waals surface area contributed by atoms with E-state index in [1.54, 1.807) is 13.2 Å². The molecule has 0 heterocycles. The summed E-state index contributed by atoms with van der Waals surface area (Å²) in [7, 11) is 1.63. The number of carbonyl (C=O) groups excluding carboxylic acids is 1. The Hall–Kier alpha value is -1.57. The maximum Gasteiger partial charge on any atom is 0.143 e. The molecule has 1 aromatic rings. The van der Waals surface area contributed by atoms with Crippen LogP contribution in [0, 0.1) is 0 Å². The van der Waals surface area contributed by atoms with Crippen molar-refractivity contribution in [3.63, 3.8) is 0 Å². The topological polar surface area (TPSA) is 26.3 Å². The van der Waals surface area contributed by atoms with E-state index in [0.717, 1.165) is 23.2 Å². The van der Waals surface area contributed by atoms with Crippen molar-refractivity contribution in [1.82, 2.24) is 0 Å². The number of carbonyl (C=O) groups is 1. The van der Waals surface area contributed by atoms with Crippen LogP contribution < -0.4 is 4.74 Å². The lowest BCUT2D eigenvalue weighted by molar-refractivity contribution is -0.104. The van der Waals surface area contributed by atoms with Crippen molar-refractivity contribution in [2.24, 2.45) is 0 Å². The van der Waals surface area contributed by atoms with E-state index in [9.17, 15) is 4.79 Å². The molecule has 0 saturated carbocycles. The average Bonchev–Trinajstić information content (AvgIpc) is 2.18. The standard InChI is InChI=1S/C11H12O2/c1-9(7-8-12)10-3-5-11(13-2)6-4-10/h3-8H,1-2H3. The fourth-order valence-corrected chi connectivity index (χ4v) is 1.05. The second-order valence-corrected chi connectivity index (χ2v) is 2.71. The predicted molar refractivity (Wildman–Crippen MR) is 52.7 cm³/mol. The van der Waals surface area contributed by atoms with Gasteiger partial charge in [0.1, 0.15) is 12.0 Å². The molecule has 0 saturated heterocycles. The number of hydrogen-bond donors (Lipinski definition) is 0. The fourth-order valence-electron chi connectivity index (χ4n) is 1.05. The summed E-state index contributed by atoms with van der Waals surface area (Å²) in [6.07, 6.45) is 2.33. The molecule has 0 aliphatic carbocycles. The molecule has 0 aliphatic heterocycles. The summed E-state index contributed by atoms with van der Waals surface area (Å²) in [6.45, 7) is 1.90. The molecule has 0 bridgehead atoms. The maximum atomic E-state index is 10.2. The van der Waals surface area contributed by atoms with E-state index < -0.39 is 0 Å². The first kappa shape index (κ1) is 9.52. The van der Waals surface area contributed by atoms with Crippen molar-refractivity contribution in [3.8, 4) is 5.75 Å². The molecule has 1 aromatic carbocycles. The molecule has 13 heavy (non-hydrogen) atoms. The molecule has 0 radical (unpaired) electrons. The number of rotatable bonds is 3. The van der Waals surface area contributed by atoms with Gasteiger partial charge in [0.2, 0.25) is 0 Å². The summed E-state index contributed by atoms with van der Waals surface area (Å²) in [5.74, 6) is 0.822. The zero-order valence-corrected chi connectivity index (χ0v) is 7.78. The quantitative estimate of drug-likeness (QED) is 0.521. The van der Waals surface area contributed by atoms with Gasteiger partial charge in [0.15, 0.2) is 0 Å². The first-order valence-electron chi connectivity index (χ1n) is 4.04. The third kappa shape index (κ3) is 2.44. The average molecular weight is 176 g/mol. The van der Waals surface area contributed by atoms with Gasteiger partial charge in [0.25, 0.3) is 0 Å². The molecule has 68 valence electrons. The Bertz CT molecular complexity index is 309. The third-order valence-electron chi connectivity index (χ3n) is 1.86. The Morgan fingerprint density at radius 2 is 1.92 bits per heavy atom. The largest absolute Gasteiger partial charge is 0.497 e. The summed E-state index contributed by atoms with van der Waals surface area (Å²) >= 11 is 0. The molecular weight excluding hydrogens is 164 g/mol. The number of allylic oxidation sites excluding steroid dienone is 2. The molecule has 2 nitrogen and oxygen atoms in total. The minimum absolute atomic E-state index is 0.791. The zero-order chi connectivity index (χ0) is 9.68. The molecule has 0 unspecified atom stereocenters. The Kier molecular flexibility index (Phi) is 3.26. The van der Waals surface area contributed by atoms with Crippen LogP contribution in [-0.4, -0.2) is 13.4 Å². The molecule has 2 heteroatoms. The van der Waals surface area contributed by atoms with Crippen LogP contribution in [0.4, 0.5) is 0 Å². The number of ether oxygens (including phenoxy) is 1. The van der Waals surface area contributed by atoms with Crippen molar-refractivity contribution in [2.75, 3.05) is 7.11 Å². The highest BCUT2D eigenvalue weighted by Crippen LogP contribution is 2.17. The van der Waals surface area contributed by atoms with Gasteiger partial charge < -0.3 is 4.74 Å². The van der Waals surface area contributed by atoms with Gasteiger partial charge in [-0.1, -0.05) is 12.1 Å². The number of benzene rings is 1. The lowest BCUT2D eigenvalue weighted by Gasteiger charge is -2.02. The molecule has 0 amide bonds. The molecule has 0 fully saturated rings. The van der Waals surface area contributed by atoms with Gasteiger partial charge in [-0.2, -0.15) is 0 Å². The zero-order valence-electron chi connectivity index (χ0n) is 7.78. The van der Waals surface area contributed by atoms with Gasteiger partial charge in [-0.05, 0) is 36.3 Å². The van der Waals surface area contributed by atoms with Crippen molar-refractivity contribution >= 4 is 11.9 Å². The molecule has 1 rings (SSSR count). The second kappa shape index (κ2) is 4.45. The van der Waals surface area contributed by atoms with E-state index in [-0.39, 0.29) is 0 Å². The minimum Gasteiger partial charge on any atom is -0.497 e. The first-order valence-corrected chi connectivity index (χ1v) is 4.04. The number of methoxy groups -OCH3 is 1. The smallest absolute Gasteiger partial charge is 0.143 e. The number of aldehydes is 1. The van der Waals surface area contributed by atoms with E-state index in [4.69, 9.17) is 4.74 Å². The predicted octanol–water partition coefficient (Wildman–Crippen LogP) is 2.30. The normalized spacial score (nSPS) is 11.1. The van der Waals surface area contributed by atoms with Crippen molar-refractivity contribution < 1.29 is 9.53 Å². The maximum absolute atomic E-state index is 10.2. The summed E-state index contributed by atoms with van der Waals surface area (Å²) in [6, 6.07) is 7.59. The molecule has 0 N–H and O–H groups in total. The molecule has 0 aromatic heterocycles. The lowest BCUT2D eigenvalue weighted by Crippen LogP contribution is -1.84. The highest BCUT2D eigenvalue weighted by atomic mass is 16.5. The van der Waals surface area contributed by atoms with E-state index in [1.165, 1.54) is 0 Å². The second-order valence-electron chi connectivity index (χ2n) is 2.71. The van der Waals surface area contributed by atoms with Gasteiger partial charge in [-0.15, -0.1) is 0 Å². The van der Waals surface area contributed by atoms with Crippen LogP contribution in [0.3, 0.4) is 0 Å². The van der Waals surface area contributed by atoms with Crippen LogP contribution in [0.1, 0.15) is 12.5 Å². The van der Waals surface area contributed by atoms with Crippen molar-refractivity contribution in [2.45, 2.75) is 6.92 Å². The Morgan fingerprint density at radius 1 is 1.31 bits per heavy atom. The van der Waals surface area contributed by atoms with Gasteiger partial charge in [-0.3, -0.25) is 4.79 Å². The molecular formula is C11H12O2. The fraction of sp³-hybridized carbons (Fsp3) is 0.182. The SMILES string of the molecule is COc1ccc(C(C)=CC=O)cc1. The van der Waals surface area contributed by atoms with Gasteiger partial charge >= 0.3 is 0 Å². The van der Waals surface area contributed by atoms with Crippen LogP contribution in [-0.2, 0) is 4.79 Å². The van der Waals surface area contributed by atoms with Gasteiger partial charge in [-0.25, -0.2) is 0 Å². The molecule has 0 atom stereocenters. The summed E-state index contributed by atoms with van der Waals surface area (Å²) < 4.78 is 5.02. The van der Waals surface area contributed by atoms with Gasteiger partial charge in [0.05, 0.1) is 7.11 Å². The minimum atomic E-state index is 0.791. The molecule has 0 spiro atoms. The first-order chi connectivity index (χ1) is 6.27. The third-order valence-corrected chi connectivity index (χ3v) is 1.86. The van der Waals surface area contributed by atoms with E-state index >= 15 is 0 Å². The lowest BCUT2D eigenvalue weighted by atomic mass is 10.1. The van der Waals surface area contributed by atoms with Crippen LogP contribution in [0.15, 0.2) is 30.3 Å². The van der Waals surface area contributed by atoms with E-state index in [1.807, 2.05) is 31.2 Å². The van der Waals surface area contributed by atoms with Crippen molar-refractivity contribution in [1.29, 1.82) is 0 Å². The summed E-state index contributed by atoms with van der Waals surface area (Å²) in [5, 5.41) is 0. The molecule has 0 aliphatic rings. The Labute approximate surface area is 77.8 Å². The summed E-state index contributed by atoms with van der Waals surface area (Å²) in [5.41, 5.74) is 1.99. The van der Waals surface area contributed by atoms with Gasteiger partial charge in [0, 0.05) is 0 Å².